The molecule has 1 aliphatic rings. The van der Waals surface area contributed by atoms with Crippen LogP contribution in [0.2, 0.25) is 5.02 Å². The lowest BCUT2D eigenvalue weighted by atomic mass is 9.98. The molecule has 2 aromatic heterocycles. The second-order valence-electron chi connectivity index (χ2n) is 7.08. The standard InChI is InChI=1S/C23H14BrClN2O3/c1-12-4-2-7-18(26-12)27-20(13-5-3-6-14(24)10-13)19-21(28)16-11-15(25)8-9-17(16)30-22(19)23(27)29/h2-11,20H,1H3/t20-/m0/s1. The predicted octanol–water partition coefficient (Wildman–Crippen LogP) is 5.66. The van der Waals surface area contributed by atoms with Crippen LogP contribution in [0.4, 0.5) is 5.82 Å². The van der Waals surface area contributed by atoms with E-state index >= 15 is 0 Å². The summed E-state index contributed by atoms with van der Waals surface area (Å²) >= 11 is 9.59. The molecule has 1 amide bonds. The predicted molar refractivity (Wildman–Crippen MR) is 119 cm³/mol. The van der Waals surface area contributed by atoms with Crippen LogP contribution < -0.4 is 10.3 Å². The van der Waals surface area contributed by atoms with Gasteiger partial charge < -0.3 is 4.42 Å². The van der Waals surface area contributed by atoms with Crippen molar-refractivity contribution in [2.75, 3.05) is 4.90 Å². The smallest absolute Gasteiger partial charge is 0.296 e. The van der Waals surface area contributed by atoms with Crippen molar-refractivity contribution in [2.45, 2.75) is 13.0 Å². The van der Waals surface area contributed by atoms with Crippen molar-refractivity contribution in [2.24, 2.45) is 0 Å². The van der Waals surface area contributed by atoms with Gasteiger partial charge in [0.1, 0.15) is 11.4 Å². The number of aromatic nitrogens is 1. The van der Waals surface area contributed by atoms with Gasteiger partial charge >= 0.3 is 0 Å². The fourth-order valence-corrected chi connectivity index (χ4v) is 4.43. The Morgan fingerprint density at radius 3 is 2.63 bits per heavy atom. The molecule has 5 rings (SSSR count). The lowest BCUT2D eigenvalue weighted by Crippen LogP contribution is -2.30. The van der Waals surface area contributed by atoms with Crippen LogP contribution in [0.5, 0.6) is 0 Å². The molecule has 4 aromatic rings. The quantitative estimate of drug-likeness (QED) is 0.370. The minimum Gasteiger partial charge on any atom is -0.450 e. The topological polar surface area (TPSA) is 63.4 Å². The van der Waals surface area contributed by atoms with E-state index in [1.165, 1.54) is 4.90 Å². The maximum atomic E-state index is 13.5. The number of carbonyl (C=O) groups excluding carboxylic acids is 1. The summed E-state index contributed by atoms with van der Waals surface area (Å²) in [5.41, 5.74) is 1.87. The van der Waals surface area contributed by atoms with Gasteiger partial charge in [0.05, 0.1) is 17.0 Å². The van der Waals surface area contributed by atoms with Gasteiger partial charge in [-0.15, -0.1) is 0 Å². The zero-order valence-corrected chi connectivity index (χ0v) is 18.1. The number of rotatable bonds is 2. The van der Waals surface area contributed by atoms with E-state index in [1.807, 2.05) is 43.3 Å². The molecule has 0 aliphatic carbocycles. The number of fused-ring (bicyclic) bond motifs is 2. The van der Waals surface area contributed by atoms with Crippen molar-refractivity contribution in [1.82, 2.24) is 4.98 Å². The van der Waals surface area contributed by atoms with E-state index in [1.54, 1.807) is 24.3 Å². The highest BCUT2D eigenvalue weighted by molar-refractivity contribution is 9.10. The summed E-state index contributed by atoms with van der Waals surface area (Å²) in [7, 11) is 0. The molecule has 2 aromatic carbocycles. The van der Waals surface area contributed by atoms with Crippen LogP contribution in [0.25, 0.3) is 11.0 Å². The Kier molecular flexibility index (Phi) is 4.49. The van der Waals surface area contributed by atoms with Crippen molar-refractivity contribution in [1.29, 1.82) is 0 Å². The molecule has 3 heterocycles. The fourth-order valence-electron chi connectivity index (χ4n) is 3.84. The normalized spacial score (nSPS) is 15.6. The first-order valence-electron chi connectivity index (χ1n) is 9.23. The molecule has 0 N–H and O–H groups in total. The van der Waals surface area contributed by atoms with Gasteiger partial charge in [0, 0.05) is 15.2 Å². The van der Waals surface area contributed by atoms with Gasteiger partial charge in [0.2, 0.25) is 5.76 Å². The van der Waals surface area contributed by atoms with Crippen molar-refractivity contribution in [3.8, 4) is 0 Å². The third kappa shape index (κ3) is 2.95. The molecule has 0 radical (unpaired) electrons. The van der Waals surface area contributed by atoms with Crippen LogP contribution in [0.3, 0.4) is 0 Å². The lowest BCUT2D eigenvalue weighted by Gasteiger charge is -2.24. The fraction of sp³-hybridized carbons (Fsp3) is 0.0870. The highest BCUT2D eigenvalue weighted by atomic mass is 79.9. The number of pyridine rings is 1. The zero-order chi connectivity index (χ0) is 21.0. The van der Waals surface area contributed by atoms with Gasteiger partial charge in [-0.3, -0.25) is 14.5 Å². The van der Waals surface area contributed by atoms with Crippen LogP contribution in [-0.4, -0.2) is 10.9 Å². The highest BCUT2D eigenvalue weighted by Gasteiger charge is 2.44. The first-order chi connectivity index (χ1) is 14.4. The Morgan fingerprint density at radius 1 is 1.07 bits per heavy atom. The molecule has 1 atom stereocenters. The molecule has 0 saturated carbocycles. The summed E-state index contributed by atoms with van der Waals surface area (Å²) in [6, 6.07) is 17.1. The van der Waals surface area contributed by atoms with Gasteiger partial charge in [-0.2, -0.15) is 0 Å². The maximum Gasteiger partial charge on any atom is 0.296 e. The number of nitrogens with zero attached hydrogens (tertiary/aromatic N) is 2. The van der Waals surface area contributed by atoms with Gasteiger partial charge in [0.25, 0.3) is 5.91 Å². The number of aryl methyl sites for hydroxylation is 1. The molecule has 0 unspecified atom stereocenters. The SMILES string of the molecule is Cc1cccc(N2C(=O)c3oc4ccc(Cl)cc4c(=O)c3[C@@H]2c2cccc(Br)c2)n1. The van der Waals surface area contributed by atoms with Crippen LogP contribution >= 0.6 is 27.5 Å². The van der Waals surface area contributed by atoms with E-state index < -0.39 is 11.9 Å². The highest BCUT2D eigenvalue weighted by Crippen LogP contribution is 2.41. The summed E-state index contributed by atoms with van der Waals surface area (Å²) in [4.78, 5) is 33.0. The van der Waals surface area contributed by atoms with E-state index in [0.717, 1.165) is 15.7 Å². The number of benzene rings is 2. The summed E-state index contributed by atoms with van der Waals surface area (Å²) in [5.74, 6) is 0.0861. The Balaban J connectivity index is 1.84. The first kappa shape index (κ1) is 19.0. The number of hydrogen-bond donors (Lipinski definition) is 0. The average molecular weight is 482 g/mol. The minimum absolute atomic E-state index is 0.0307. The molecule has 0 spiro atoms. The number of hydrogen-bond acceptors (Lipinski definition) is 4. The Bertz CT molecular complexity index is 1400. The molecule has 0 fully saturated rings. The van der Waals surface area contributed by atoms with Crippen molar-refractivity contribution < 1.29 is 9.21 Å². The molecule has 148 valence electrons. The molecular formula is C23H14BrClN2O3. The molecule has 30 heavy (non-hydrogen) atoms. The van der Waals surface area contributed by atoms with Crippen molar-refractivity contribution in [3.05, 3.63) is 103 Å². The van der Waals surface area contributed by atoms with Gasteiger partial charge in [-0.1, -0.05) is 45.7 Å². The molecular weight excluding hydrogens is 468 g/mol. The van der Waals surface area contributed by atoms with E-state index in [4.69, 9.17) is 16.0 Å². The third-order valence-corrected chi connectivity index (χ3v) is 5.85. The molecule has 1 aliphatic heterocycles. The van der Waals surface area contributed by atoms with Crippen molar-refractivity contribution >= 4 is 50.2 Å². The summed E-state index contributed by atoms with van der Waals surface area (Å²) < 4.78 is 6.77. The van der Waals surface area contributed by atoms with Gasteiger partial charge in [0.15, 0.2) is 5.43 Å². The van der Waals surface area contributed by atoms with Crippen molar-refractivity contribution in [3.63, 3.8) is 0 Å². The van der Waals surface area contributed by atoms with E-state index in [0.29, 0.717) is 21.8 Å². The van der Waals surface area contributed by atoms with Crippen LogP contribution in [0, 0.1) is 6.92 Å². The monoisotopic (exact) mass is 480 g/mol. The first-order valence-corrected chi connectivity index (χ1v) is 10.4. The zero-order valence-electron chi connectivity index (χ0n) is 15.7. The largest absolute Gasteiger partial charge is 0.450 e. The number of halogens is 2. The van der Waals surface area contributed by atoms with Gasteiger partial charge in [-0.05, 0) is 55.0 Å². The second kappa shape index (κ2) is 7.07. The van der Waals surface area contributed by atoms with Crippen LogP contribution in [-0.2, 0) is 0 Å². The number of carbonyl (C=O) groups is 1. The Labute approximate surface area is 185 Å². The minimum atomic E-state index is -0.668. The molecule has 0 bridgehead atoms. The second-order valence-corrected chi connectivity index (χ2v) is 8.44. The van der Waals surface area contributed by atoms with E-state index in [2.05, 4.69) is 20.9 Å². The lowest BCUT2D eigenvalue weighted by molar-refractivity contribution is 0.0970. The summed E-state index contributed by atoms with van der Waals surface area (Å²) in [5, 5.41) is 0.767. The maximum absolute atomic E-state index is 13.5. The molecule has 7 heteroatoms. The summed E-state index contributed by atoms with van der Waals surface area (Å²) in [6.45, 7) is 1.85. The molecule has 0 saturated heterocycles. The van der Waals surface area contributed by atoms with Gasteiger partial charge in [-0.25, -0.2) is 4.98 Å². The van der Waals surface area contributed by atoms with E-state index in [9.17, 15) is 9.59 Å². The number of amides is 1. The number of anilines is 1. The van der Waals surface area contributed by atoms with E-state index in [-0.39, 0.29) is 16.8 Å². The van der Waals surface area contributed by atoms with Crippen LogP contribution in [0.1, 0.15) is 33.4 Å². The Hall–Kier alpha value is -2.96. The average Bonchev–Trinajstić information content (AvgIpc) is 3.01. The third-order valence-electron chi connectivity index (χ3n) is 5.12. The Morgan fingerprint density at radius 2 is 1.87 bits per heavy atom. The molecule has 5 nitrogen and oxygen atoms in total. The summed E-state index contributed by atoms with van der Waals surface area (Å²) in [6.07, 6.45) is 0. The van der Waals surface area contributed by atoms with Crippen LogP contribution in [0.15, 0.2) is 74.3 Å².